The van der Waals surface area contributed by atoms with E-state index in [4.69, 9.17) is 0 Å². The van der Waals surface area contributed by atoms with Crippen LogP contribution >= 0.6 is 0 Å². The van der Waals surface area contributed by atoms with Crippen LogP contribution < -0.4 is 10.2 Å². The first-order chi connectivity index (χ1) is 9.43. The maximum absolute atomic E-state index is 4.57. The molecule has 2 heterocycles. The summed E-state index contributed by atoms with van der Waals surface area (Å²) in [6, 6.07) is 4.20. The van der Waals surface area contributed by atoms with Crippen molar-refractivity contribution in [1.29, 1.82) is 0 Å². The maximum atomic E-state index is 4.57. The van der Waals surface area contributed by atoms with E-state index >= 15 is 0 Å². The van der Waals surface area contributed by atoms with Crippen molar-refractivity contribution in [2.75, 3.05) is 29.9 Å². The van der Waals surface area contributed by atoms with Crippen LogP contribution in [0.25, 0.3) is 0 Å². The smallest absolute Gasteiger partial charge is 0.151 e. The number of aromatic nitrogens is 1. The molecule has 3 nitrogen and oxygen atoms in total. The molecule has 3 rings (SSSR count). The van der Waals surface area contributed by atoms with Crippen LogP contribution in [0.3, 0.4) is 0 Å². The fourth-order valence-electron chi connectivity index (χ4n) is 3.01. The van der Waals surface area contributed by atoms with Crippen LogP contribution in [0.4, 0.5) is 11.5 Å². The molecule has 1 aromatic rings. The third-order valence-electron chi connectivity index (χ3n) is 4.15. The molecule has 0 spiro atoms. The van der Waals surface area contributed by atoms with Gasteiger partial charge in [0.2, 0.25) is 0 Å². The zero-order valence-corrected chi connectivity index (χ0v) is 11.5. The van der Waals surface area contributed by atoms with E-state index in [0.29, 0.717) is 0 Å². The van der Waals surface area contributed by atoms with E-state index in [-0.39, 0.29) is 0 Å². The van der Waals surface area contributed by atoms with E-state index in [1.165, 1.54) is 37.8 Å². The standard InChI is InChI=1S/C16H23N3/c1-2-7-14(8-3-1)13-18-15-9-6-10-17-16(15)19-11-4-5-12-19/h1-2,6,9-10,14,18H,3-5,7-8,11-13H2. The van der Waals surface area contributed by atoms with Crippen LogP contribution in [-0.2, 0) is 0 Å². The van der Waals surface area contributed by atoms with Gasteiger partial charge in [-0.2, -0.15) is 0 Å². The summed E-state index contributed by atoms with van der Waals surface area (Å²) in [5.41, 5.74) is 1.21. The fraction of sp³-hybridized carbons (Fsp3) is 0.562. The Morgan fingerprint density at radius 3 is 2.95 bits per heavy atom. The van der Waals surface area contributed by atoms with E-state index in [9.17, 15) is 0 Å². The molecule has 1 aliphatic heterocycles. The molecule has 1 saturated heterocycles. The van der Waals surface area contributed by atoms with Crippen molar-refractivity contribution in [2.45, 2.75) is 32.1 Å². The highest BCUT2D eigenvalue weighted by atomic mass is 15.2. The molecule has 1 fully saturated rings. The quantitative estimate of drug-likeness (QED) is 0.837. The molecule has 102 valence electrons. The zero-order chi connectivity index (χ0) is 12.9. The van der Waals surface area contributed by atoms with Gasteiger partial charge in [0, 0.05) is 25.8 Å². The normalized spacial score (nSPS) is 22.7. The Morgan fingerprint density at radius 1 is 1.26 bits per heavy atom. The predicted molar refractivity (Wildman–Crippen MR) is 80.7 cm³/mol. The van der Waals surface area contributed by atoms with Crippen molar-refractivity contribution in [1.82, 2.24) is 4.98 Å². The van der Waals surface area contributed by atoms with Crippen molar-refractivity contribution in [2.24, 2.45) is 5.92 Å². The van der Waals surface area contributed by atoms with Crippen LogP contribution in [0.1, 0.15) is 32.1 Å². The molecule has 1 atom stereocenters. The molecular weight excluding hydrogens is 234 g/mol. The van der Waals surface area contributed by atoms with Gasteiger partial charge in [-0.05, 0) is 50.2 Å². The number of allylic oxidation sites excluding steroid dienone is 2. The fourth-order valence-corrected chi connectivity index (χ4v) is 3.01. The van der Waals surface area contributed by atoms with E-state index < -0.39 is 0 Å². The van der Waals surface area contributed by atoms with E-state index in [0.717, 1.165) is 31.4 Å². The second-order valence-corrected chi connectivity index (χ2v) is 5.60. The van der Waals surface area contributed by atoms with Crippen LogP contribution in [0.2, 0.25) is 0 Å². The molecule has 0 aromatic carbocycles. The Labute approximate surface area is 115 Å². The minimum atomic E-state index is 0.775. The van der Waals surface area contributed by atoms with Gasteiger partial charge in [-0.15, -0.1) is 0 Å². The summed E-state index contributed by atoms with van der Waals surface area (Å²) in [5, 5.41) is 3.62. The first-order valence-corrected chi connectivity index (χ1v) is 7.52. The first kappa shape index (κ1) is 12.5. The molecule has 1 aliphatic carbocycles. The predicted octanol–water partition coefficient (Wildman–Crippen LogP) is 3.45. The van der Waals surface area contributed by atoms with Crippen LogP contribution in [0, 0.1) is 5.92 Å². The first-order valence-electron chi connectivity index (χ1n) is 7.52. The van der Waals surface area contributed by atoms with Crippen LogP contribution in [0.15, 0.2) is 30.5 Å². The molecule has 1 unspecified atom stereocenters. The van der Waals surface area contributed by atoms with E-state index in [1.54, 1.807) is 0 Å². The van der Waals surface area contributed by atoms with Gasteiger partial charge in [0.25, 0.3) is 0 Å². The Morgan fingerprint density at radius 2 is 2.16 bits per heavy atom. The molecule has 0 amide bonds. The Balaban J connectivity index is 1.64. The molecule has 0 saturated carbocycles. The van der Waals surface area contributed by atoms with Crippen molar-refractivity contribution >= 4 is 11.5 Å². The molecule has 0 bridgehead atoms. The summed E-state index contributed by atoms with van der Waals surface area (Å²) in [4.78, 5) is 6.98. The topological polar surface area (TPSA) is 28.2 Å². The SMILES string of the molecule is C1=CCC(CNc2cccnc2N2CCCC2)CC1. The van der Waals surface area contributed by atoms with Crippen LogP contribution in [-0.4, -0.2) is 24.6 Å². The molecule has 3 heteroatoms. The highest BCUT2D eigenvalue weighted by Gasteiger charge is 2.17. The van der Waals surface area contributed by atoms with Crippen molar-refractivity contribution in [3.05, 3.63) is 30.5 Å². The lowest BCUT2D eigenvalue weighted by Crippen LogP contribution is -2.22. The van der Waals surface area contributed by atoms with Crippen molar-refractivity contribution < 1.29 is 0 Å². The monoisotopic (exact) mass is 257 g/mol. The van der Waals surface area contributed by atoms with E-state index in [1.807, 2.05) is 12.3 Å². The number of hydrogen-bond acceptors (Lipinski definition) is 3. The lowest BCUT2D eigenvalue weighted by molar-refractivity contribution is 0.504. The molecule has 0 radical (unpaired) electrons. The molecule has 19 heavy (non-hydrogen) atoms. The van der Waals surface area contributed by atoms with Gasteiger partial charge in [-0.25, -0.2) is 4.98 Å². The van der Waals surface area contributed by atoms with Crippen molar-refractivity contribution in [3.8, 4) is 0 Å². The van der Waals surface area contributed by atoms with E-state index in [2.05, 4.69) is 33.4 Å². The Hall–Kier alpha value is -1.51. The minimum absolute atomic E-state index is 0.775. The molecule has 2 aliphatic rings. The Bertz CT molecular complexity index is 435. The summed E-state index contributed by atoms with van der Waals surface area (Å²) < 4.78 is 0. The second kappa shape index (κ2) is 6.09. The minimum Gasteiger partial charge on any atom is -0.382 e. The zero-order valence-electron chi connectivity index (χ0n) is 11.5. The third-order valence-corrected chi connectivity index (χ3v) is 4.15. The van der Waals surface area contributed by atoms with Gasteiger partial charge in [-0.3, -0.25) is 0 Å². The van der Waals surface area contributed by atoms with Gasteiger partial charge in [-0.1, -0.05) is 12.2 Å². The highest BCUT2D eigenvalue weighted by molar-refractivity contribution is 5.65. The number of rotatable bonds is 4. The summed E-state index contributed by atoms with van der Waals surface area (Å²) in [6.07, 6.45) is 12.9. The average molecular weight is 257 g/mol. The molecular formula is C16H23N3. The van der Waals surface area contributed by atoms with Crippen LogP contribution in [0.5, 0.6) is 0 Å². The number of anilines is 2. The number of nitrogens with one attached hydrogen (secondary N) is 1. The molecule has 1 N–H and O–H groups in total. The average Bonchev–Trinajstić information content (AvgIpc) is 3.01. The summed E-state index contributed by atoms with van der Waals surface area (Å²) >= 11 is 0. The van der Waals surface area contributed by atoms with Crippen molar-refractivity contribution in [3.63, 3.8) is 0 Å². The van der Waals surface area contributed by atoms with Gasteiger partial charge in [0.05, 0.1) is 5.69 Å². The van der Waals surface area contributed by atoms with Gasteiger partial charge < -0.3 is 10.2 Å². The maximum Gasteiger partial charge on any atom is 0.151 e. The lowest BCUT2D eigenvalue weighted by Gasteiger charge is -2.23. The summed E-state index contributed by atoms with van der Waals surface area (Å²) in [5.74, 6) is 1.92. The largest absolute Gasteiger partial charge is 0.382 e. The lowest BCUT2D eigenvalue weighted by atomic mass is 9.94. The second-order valence-electron chi connectivity index (χ2n) is 5.60. The van der Waals surface area contributed by atoms with Gasteiger partial charge in [0.1, 0.15) is 0 Å². The number of pyridine rings is 1. The molecule has 1 aromatic heterocycles. The third kappa shape index (κ3) is 3.09. The van der Waals surface area contributed by atoms with Gasteiger partial charge >= 0.3 is 0 Å². The highest BCUT2D eigenvalue weighted by Crippen LogP contribution is 2.27. The van der Waals surface area contributed by atoms with Gasteiger partial charge in [0.15, 0.2) is 5.82 Å². The summed E-state index contributed by atoms with van der Waals surface area (Å²) in [6.45, 7) is 3.37. The number of hydrogen-bond donors (Lipinski definition) is 1. The Kier molecular flexibility index (Phi) is 4.01. The number of nitrogens with zero attached hydrogens (tertiary/aromatic N) is 2. The summed E-state index contributed by atoms with van der Waals surface area (Å²) in [7, 11) is 0.